The minimum atomic E-state index is -0.379. The molecule has 0 fully saturated rings. The lowest BCUT2D eigenvalue weighted by Crippen LogP contribution is -2.38. The van der Waals surface area contributed by atoms with Gasteiger partial charge in [0.25, 0.3) is 5.56 Å². The summed E-state index contributed by atoms with van der Waals surface area (Å²) < 4.78 is 0. The Kier molecular flexibility index (Phi) is 3.67. The molecule has 1 aromatic heterocycles. The van der Waals surface area contributed by atoms with Crippen molar-refractivity contribution < 1.29 is 4.79 Å². The first-order valence-electron chi connectivity index (χ1n) is 7.31. The molecule has 116 valence electrons. The zero-order valence-corrected chi connectivity index (χ0v) is 13.0. The van der Waals surface area contributed by atoms with Gasteiger partial charge in [0.1, 0.15) is 6.04 Å². The molecular formula is C18H17N3O2. The molecule has 5 heteroatoms. The molecule has 1 aliphatic rings. The lowest BCUT2D eigenvalue weighted by molar-refractivity contribution is 0.212. The summed E-state index contributed by atoms with van der Waals surface area (Å²) in [7, 11) is 1.67. The largest absolute Gasteiger partial charge is 0.326 e. The number of aryl methyl sites for hydroxylation is 1. The Labute approximate surface area is 134 Å². The quantitative estimate of drug-likeness (QED) is 0.837. The summed E-state index contributed by atoms with van der Waals surface area (Å²) in [5.74, 6) is 2.63. The van der Waals surface area contributed by atoms with Crippen molar-refractivity contribution in [1.82, 2.24) is 9.88 Å². The van der Waals surface area contributed by atoms with E-state index >= 15 is 0 Å². The van der Waals surface area contributed by atoms with Crippen LogP contribution in [0.25, 0.3) is 0 Å². The number of nitrogens with one attached hydrogen (secondary N) is 2. The number of aromatic amines is 1. The number of H-pyrrole nitrogens is 1. The molecule has 0 saturated carbocycles. The molecule has 1 aliphatic heterocycles. The van der Waals surface area contributed by atoms with Gasteiger partial charge < -0.3 is 15.2 Å². The maximum atomic E-state index is 12.0. The third-order valence-corrected chi connectivity index (χ3v) is 4.05. The highest BCUT2D eigenvalue weighted by Crippen LogP contribution is 2.32. The van der Waals surface area contributed by atoms with Crippen molar-refractivity contribution in [3.63, 3.8) is 0 Å². The maximum Gasteiger partial charge on any atom is 0.322 e. The second-order valence-electron chi connectivity index (χ2n) is 5.70. The Balaban J connectivity index is 1.95. The Bertz CT molecular complexity index is 877. The van der Waals surface area contributed by atoms with Crippen LogP contribution in [0.15, 0.2) is 35.1 Å². The van der Waals surface area contributed by atoms with Crippen LogP contribution in [0.5, 0.6) is 0 Å². The molecule has 0 bridgehead atoms. The van der Waals surface area contributed by atoms with Crippen molar-refractivity contribution in [1.29, 1.82) is 0 Å². The molecule has 0 aliphatic carbocycles. The van der Waals surface area contributed by atoms with Crippen LogP contribution in [-0.2, 0) is 6.42 Å². The molecule has 5 nitrogen and oxygen atoms in total. The van der Waals surface area contributed by atoms with Gasteiger partial charge in [-0.3, -0.25) is 4.79 Å². The maximum absolute atomic E-state index is 12.0. The number of amides is 2. The number of fused-ring (bicyclic) bond motifs is 1. The number of hydrogen-bond donors (Lipinski definition) is 2. The molecule has 2 N–H and O–H groups in total. The van der Waals surface area contributed by atoms with Crippen LogP contribution in [0, 0.1) is 19.3 Å². The van der Waals surface area contributed by atoms with Crippen LogP contribution >= 0.6 is 0 Å². The second kappa shape index (κ2) is 5.65. The zero-order chi connectivity index (χ0) is 16.6. The van der Waals surface area contributed by atoms with Gasteiger partial charge in [0.2, 0.25) is 0 Å². The fourth-order valence-electron chi connectivity index (χ4n) is 2.75. The molecule has 0 saturated heterocycles. The van der Waals surface area contributed by atoms with E-state index < -0.39 is 0 Å². The predicted octanol–water partition coefficient (Wildman–Crippen LogP) is 2.43. The van der Waals surface area contributed by atoms with Crippen molar-refractivity contribution in [2.75, 3.05) is 12.4 Å². The summed E-state index contributed by atoms with van der Waals surface area (Å²) in [5.41, 5.74) is 3.96. The van der Waals surface area contributed by atoms with Gasteiger partial charge in [0.05, 0.1) is 0 Å². The van der Waals surface area contributed by atoms with Crippen LogP contribution in [0.2, 0.25) is 0 Å². The summed E-state index contributed by atoms with van der Waals surface area (Å²) >= 11 is 0. The Morgan fingerprint density at radius 3 is 2.74 bits per heavy atom. The number of terminal acetylenes is 1. The molecule has 2 amide bonds. The summed E-state index contributed by atoms with van der Waals surface area (Å²) in [6.07, 6.45) is 6.04. The number of benzene rings is 1. The average molecular weight is 307 g/mol. The Morgan fingerprint density at radius 1 is 1.26 bits per heavy atom. The van der Waals surface area contributed by atoms with Crippen molar-refractivity contribution in [3.8, 4) is 12.3 Å². The monoisotopic (exact) mass is 307 g/mol. The standard InChI is InChI=1S/C18H17N3O2/c1-4-16-14-8-6-12(10-15(14)20-18(23)21(16)3)9-13-7-5-11(2)19-17(13)22/h1,5-8,10,16H,9H2,2-3H3,(H,19,22)(H,20,23). The van der Waals surface area contributed by atoms with E-state index in [0.717, 1.165) is 16.8 Å². The van der Waals surface area contributed by atoms with Gasteiger partial charge in [-0.2, -0.15) is 0 Å². The smallest absolute Gasteiger partial charge is 0.322 e. The molecule has 3 rings (SSSR count). The van der Waals surface area contributed by atoms with E-state index in [1.165, 1.54) is 4.90 Å². The molecular weight excluding hydrogens is 290 g/mol. The summed E-state index contributed by atoms with van der Waals surface area (Å²) in [5, 5.41) is 2.83. The van der Waals surface area contributed by atoms with E-state index in [1.807, 2.05) is 37.3 Å². The second-order valence-corrected chi connectivity index (χ2v) is 5.70. The minimum Gasteiger partial charge on any atom is -0.326 e. The first-order valence-corrected chi connectivity index (χ1v) is 7.31. The third-order valence-electron chi connectivity index (χ3n) is 4.05. The van der Waals surface area contributed by atoms with Crippen LogP contribution in [0.4, 0.5) is 10.5 Å². The van der Waals surface area contributed by atoms with Crippen molar-refractivity contribution in [2.45, 2.75) is 19.4 Å². The minimum absolute atomic E-state index is 0.0898. The number of rotatable bonds is 2. The fourth-order valence-corrected chi connectivity index (χ4v) is 2.75. The lowest BCUT2D eigenvalue weighted by Gasteiger charge is -2.31. The van der Waals surface area contributed by atoms with Crippen LogP contribution < -0.4 is 10.9 Å². The van der Waals surface area contributed by atoms with Gasteiger partial charge in [-0.05, 0) is 24.6 Å². The number of anilines is 1. The molecule has 1 unspecified atom stereocenters. The van der Waals surface area contributed by atoms with E-state index in [4.69, 9.17) is 6.42 Å². The van der Waals surface area contributed by atoms with Gasteiger partial charge >= 0.3 is 6.03 Å². The van der Waals surface area contributed by atoms with Gasteiger partial charge in [-0.15, -0.1) is 6.42 Å². The zero-order valence-electron chi connectivity index (χ0n) is 13.0. The molecule has 2 aromatic rings. The molecule has 0 radical (unpaired) electrons. The average Bonchev–Trinajstić information content (AvgIpc) is 2.51. The van der Waals surface area contributed by atoms with Crippen LogP contribution in [0.3, 0.4) is 0 Å². The van der Waals surface area contributed by atoms with Crippen molar-refractivity contribution in [2.24, 2.45) is 0 Å². The highest BCUT2D eigenvalue weighted by atomic mass is 16.2. The third kappa shape index (κ3) is 2.71. The Hall–Kier alpha value is -3.00. The lowest BCUT2D eigenvalue weighted by atomic mass is 9.97. The number of pyridine rings is 1. The number of aromatic nitrogens is 1. The molecule has 1 atom stereocenters. The van der Waals surface area contributed by atoms with Gasteiger partial charge in [0, 0.05) is 36.0 Å². The van der Waals surface area contributed by atoms with Crippen molar-refractivity contribution in [3.05, 3.63) is 63.1 Å². The number of carbonyl (C=O) groups excluding carboxylic acids is 1. The molecule has 2 heterocycles. The predicted molar refractivity (Wildman–Crippen MR) is 89.4 cm³/mol. The number of urea groups is 1. The molecule has 1 aromatic carbocycles. The summed E-state index contributed by atoms with van der Waals surface area (Å²) in [6, 6.07) is 8.82. The van der Waals surface area contributed by atoms with Crippen LogP contribution in [0.1, 0.15) is 28.4 Å². The summed E-state index contributed by atoms with van der Waals surface area (Å²) in [4.78, 5) is 28.2. The SMILES string of the molecule is C#CC1c2ccc(Cc3ccc(C)[nH]c3=O)cc2NC(=O)N1C. The topological polar surface area (TPSA) is 65.2 Å². The first kappa shape index (κ1) is 14.9. The van der Waals surface area contributed by atoms with E-state index in [-0.39, 0.29) is 17.6 Å². The van der Waals surface area contributed by atoms with Crippen molar-refractivity contribution >= 4 is 11.7 Å². The van der Waals surface area contributed by atoms with Gasteiger partial charge in [-0.1, -0.05) is 24.1 Å². The summed E-state index contributed by atoms with van der Waals surface area (Å²) in [6.45, 7) is 1.84. The van der Waals surface area contributed by atoms with Gasteiger partial charge in [0.15, 0.2) is 0 Å². The number of carbonyl (C=O) groups is 1. The van der Waals surface area contributed by atoms with E-state index in [2.05, 4.69) is 16.2 Å². The highest BCUT2D eigenvalue weighted by molar-refractivity contribution is 5.93. The van der Waals surface area contributed by atoms with Crippen LogP contribution in [-0.4, -0.2) is 23.0 Å². The van der Waals surface area contributed by atoms with E-state index in [9.17, 15) is 9.59 Å². The fraction of sp³-hybridized carbons (Fsp3) is 0.222. The van der Waals surface area contributed by atoms with Gasteiger partial charge in [-0.25, -0.2) is 4.79 Å². The molecule has 23 heavy (non-hydrogen) atoms. The first-order chi connectivity index (χ1) is 11.0. The van der Waals surface area contributed by atoms with E-state index in [1.54, 1.807) is 7.05 Å². The number of hydrogen-bond acceptors (Lipinski definition) is 2. The highest BCUT2D eigenvalue weighted by Gasteiger charge is 2.28. The van der Waals surface area contributed by atoms with E-state index in [0.29, 0.717) is 17.7 Å². The number of nitrogens with zero attached hydrogens (tertiary/aromatic N) is 1. The normalized spacial score (nSPS) is 16.5. The molecule has 0 spiro atoms. The Morgan fingerprint density at radius 2 is 2.04 bits per heavy atom.